The number of sulfonamides is 1. The molecule has 2 rings (SSSR count). The number of rotatable bonds is 6. The van der Waals surface area contributed by atoms with E-state index in [-0.39, 0.29) is 11.0 Å². The van der Waals surface area contributed by atoms with Gasteiger partial charge in [-0.25, -0.2) is 8.42 Å². The molecule has 1 heterocycles. The Hall–Kier alpha value is -1.86. The lowest BCUT2D eigenvalue weighted by molar-refractivity contribution is -0.144. The lowest BCUT2D eigenvalue weighted by atomic mass is 10.2. The largest absolute Gasteiger partial charge is 0.490 e. The zero-order valence-corrected chi connectivity index (χ0v) is 15.0. The molecule has 1 unspecified atom stereocenters. The fourth-order valence-electron chi connectivity index (χ4n) is 2.74. The molecule has 132 valence electrons. The molecule has 1 atom stereocenters. The second-order valence-corrected chi connectivity index (χ2v) is 7.76. The average molecular weight is 353 g/mol. The fraction of sp³-hybridized carbons (Fsp3) is 0.471. The highest BCUT2D eigenvalue weighted by Gasteiger charge is 2.40. The van der Waals surface area contributed by atoms with Gasteiger partial charge >= 0.3 is 5.97 Å². The van der Waals surface area contributed by atoms with Gasteiger partial charge in [0, 0.05) is 12.1 Å². The van der Waals surface area contributed by atoms with E-state index in [1.165, 1.54) is 23.5 Å². The van der Waals surface area contributed by atoms with Crippen molar-refractivity contribution in [3.8, 4) is 5.75 Å². The number of ether oxygens (including phenoxy) is 2. The van der Waals surface area contributed by atoms with Crippen LogP contribution >= 0.6 is 0 Å². The van der Waals surface area contributed by atoms with E-state index >= 15 is 0 Å². The first kappa shape index (κ1) is 18.5. The minimum absolute atomic E-state index is 0.0338. The van der Waals surface area contributed by atoms with E-state index < -0.39 is 22.0 Å². The average Bonchev–Trinajstić information content (AvgIpc) is 3.04. The Labute approximate surface area is 143 Å². The van der Waals surface area contributed by atoms with Crippen LogP contribution in [-0.2, 0) is 19.6 Å². The smallest absolute Gasteiger partial charge is 0.324 e. The maximum Gasteiger partial charge on any atom is 0.324 e. The summed E-state index contributed by atoms with van der Waals surface area (Å²) in [5, 5.41) is 0. The van der Waals surface area contributed by atoms with Gasteiger partial charge in [-0.3, -0.25) is 4.79 Å². The summed E-state index contributed by atoms with van der Waals surface area (Å²) in [6, 6.07) is 3.87. The normalized spacial score (nSPS) is 18.6. The molecule has 24 heavy (non-hydrogen) atoms. The number of carbonyl (C=O) groups excluding carboxylic acids is 1. The van der Waals surface area contributed by atoms with E-state index in [2.05, 4.69) is 6.58 Å². The van der Waals surface area contributed by atoms with E-state index in [0.717, 1.165) is 0 Å². The summed E-state index contributed by atoms with van der Waals surface area (Å²) >= 11 is 0. The van der Waals surface area contributed by atoms with Crippen LogP contribution in [0.5, 0.6) is 5.75 Å². The van der Waals surface area contributed by atoms with Gasteiger partial charge < -0.3 is 9.47 Å². The van der Waals surface area contributed by atoms with Crippen molar-refractivity contribution < 1.29 is 22.7 Å². The highest BCUT2D eigenvalue weighted by atomic mass is 32.2. The van der Waals surface area contributed by atoms with E-state index in [1.54, 1.807) is 12.1 Å². The number of hydrogen-bond acceptors (Lipinski definition) is 5. The Morgan fingerprint density at radius 2 is 2.12 bits per heavy atom. The van der Waals surface area contributed by atoms with Gasteiger partial charge in [0.2, 0.25) is 10.0 Å². The van der Waals surface area contributed by atoms with Crippen LogP contribution in [0.25, 0.3) is 6.08 Å². The highest BCUT2D eigenvalue weighted by molar-refractivity contribution is 7.89. The summed E-state index contributed by atoms with van der Waals surface area (Å²) in [6.45, 7) is 7.80. The van der Waals surface area contributed by atoms with Crippen LogP contribution in [0.1, 0.15) is 32.3 Å². The summed E-state index contributed by atoms with van der Waals surface area (Å²) in [6.07, 6.45) is 2.61. The van der Waals surface area contributed by atoms with Gasteiger partial charge in [-0.15, -0.1) is 0 Å². The predicted octanol–water partition coefficient (Wildman–Crippen LogP) is 2.44. The van der Waals surface area contributed by atoms with Crippen LogP contribution in [0.15, 0.2) is 29.7 Å². The molecule has 1 aromatic carbocycles. The highest BCUT2D eigenvalue weighted by Crippen LogP contribution is 2.30. The molecule has 1 fully saturated rings. The van der Waals surface area contributed by atoms with Gasteiger partial charge in [0.25, 0.3) is 0 Å². The molecule has 0 bridgehead atoms. The summed E-state index contributed by atoms with van der Waals surface area (Å²) in [5.41, 5.74) is 0.596. The van der Waals surface area contributed by atoms with Crippen molar-refractivity contribution in [1.82, 2.24) is 4.31 Å². The van der Waals surface area contributed by atoms with Crippen LogP contribution in [0.2, 0.25) is 0 Å². The second kappa shape index (κ2) is 7.36. The molecule has 1 aliphatic rings. The quantitative estimate of drug-likeness (QED) is 0.735. The molecule has 0 radical (unpaired) electrons. The van der Waals surface area contributed by atoms with E-state index in [1.807, 2.05) is 13.8 Å². The number of hydrogen-bond donors (Lipinski definition) is 0. The Morgan fingerprint density at radius 1 is 1.42 bits per heavy atom. The molecular formula is C17H23NO5S. The number of esters is 1. The third-order valence-corrected chi connectivity index (χ3v) is 5.75. The fourth-order valence-corrected chi connectivity index (χ4v) is 4.43. The molecule has 0 saturated carbocycles. The molecule has 1 saturated heterocycles. The van der Waals surface area contributed by atoms with Crippen LogP contribution in [0.4, 0.5) is 0 Å². The Morgan fingerprint density at radius 3 is 2.71 bits per heavy atom. The molecule has 1 aliphatic heterocycles. The minimum Gasteiger partial charge on any atom is -0.490 e. The summed E-state index contributed by atoms with van der Waals surface area (Å²) < 4.78 is 37.4. The third kappa shape index (κ3) is 3.62. The van der Waals surface area contributed by atoms with Gasteiger partial charge in [0.15, 0.2) is 0 Å². The van der Waals surface area contributed by atoms with Crippen LogP contribution in [0.3, 0.4) is 0 Å². The maximum absolute atomic E-state index is 12.9. The van der Waals surface area contributed by atoms with Crippen molar-refractivity contribution >= 4 is 22.1 Å². The first-order valence-electron chi connectivity index (χ1n) is 7.84. The van der Waals surface area contributed by atoms with Gasteiger partial charge in [0.1, 0.15) is 11.8 Å². The Kier molecular flexibility index (Phi) is 5.66. The van der Waals surface area contributed by atoms with Crippen molar-refractivity contribution in [2.45, 2.75) is 43.7 Å². The van der Waals surface area contributed by atoms with E-state index in [4.69, 9.17) is 9.47 Å². The molecule has 0 aliphatic carbocycles. The van der Waals surface area contributed by atoms with Gasteiger partial charge in [-0.1, -0.05) is 12.7 Å². The van der Waals surface area contributed by atoms with Crippen LogP contribution < -0.4 is 4.74 Å². The Bertz CT molecular complexity index is 726. The molecule has 6 nitrogen and oxygen atoms in total. The zero-order chi connectivity index (χ0) is 17.9. The number of nitrogens with zero attached hydrogens (tertiary/aromatic N) is 1. The molecule has 0 N–H and O–H groups in total. The van der Waals surface area contributed by atoms with Crippen LogP contribution in [0, 0.1) is 0 Å². The minimum atomic E-state index is -3.79. The first-order chi connectivity index (χ1) is 11.3. The number of benzene rings is 1. The Balaban J connectivity index is 2.39. The van der Waals surface area contributed by atoms with Crippen LogP contribution in [-0.4, -0.2) is 44.5 Å². The molecule has 0 amide bonds. The zero-order valence-electron chi connectivity index (χ0n) is 14.2. The topological polar surface area (TPSA) is 72.9 Å². The lowest BCUT2D eigenvalue weighted by Gasteiger charge is -2.22. The summed E-state index contributed by atoms with van der Waals surface area (Å²) in [5.74, 6) is 0.0460. The molecule has 0 spiro atoms. The van der Waals surface area contributed by atoms with E-state index in [9.17, 15) is 13.2 Å². The second-order valence-electron chi connectivity index (χ2n) is 5.87. The van der Waals surface area contributed by atoms with Crippen molar-refractivity contribution in [1.29, 1.82) is 0 Å². The summed E-state index contributed by atoms with van der Waals surface area (Å²) in [7, 11) is -2.53. The molecule has 0 aromatic heterocycles. The first-order valence-corrected chi connectivity index (χ1v) is 9.28. The number of carbonyl (C=O) groups is 1. The van der Waals surface area contributed by atoms with Gasteiger partial charge in [-0.2, -0.15) is 4.31 Å². The maximum atomic E-state index is 12.9. The van der Waals surface area contributed by atoms with E-state index in [0.29, 0.717) is 30.7 Å². The van der Waals surface area contributed by atoms with Gasteiger partial charge in [0.05, 0.1) is 18.1 Å². The summed E-state index contributed by atoms with van der Waals surface area (Å²) in [4.78, 5) is 12.0. The van der Waals surface area contributed by atoms with Crippen molar-refractivity contribution in [2.24, 2.45) is 0 Å². The standard InChI is InChI=1S/C17H23NO5S/c1-5-13-11-14(8-9-16(13)23-12(2)3)24(20,21)18-10-6-7-15(18)17(19)22-4/h5,8-9,11-12,15H,1,6-7,10H2,2-4H3. The molecule has 1 aromatic rings. The van der Waals surface area contributed by atoms with Gasteiger partial charge in [-0.05, 0) is 44.9 Å². The number of methoxy groups -OCH3 is 1. The van der Waals surface area contributed by atoms with Crippen molar-refractivity contribution in [2.75, 3.05) is 13.7 Å². The predicted molar refractivity (Wildman–Crippen MR) is 91.2 cm³/mol. The monoisotopic (exact) mass is 353 g/mol. The van der Waals surface area contributed by atoms with Crippen molar-refractivity contribution in [3.63, 3.8) is 0 Å². The molecular weight excluding hydrogens is 330 g/mol. The molecule has 7 heteroatoms. The lowest BCUT2D eigenvalue weighted by Crippen LogP contribution is -2.41. The third-order valence-electron chi connectivity index (χ3n) is 3.85. The SMILES string of the molecule is C=Cc1cc(S(=O)(=O)N2CCCC2C(=O)OC)ccc1OC(C)C. The van der Waals surface area contributed by atoms with Crippen molar-refractivity contribution in [3.05, 3.63) is 30.3 Å².